The van der Waals surface area contributed by atoms with Gasteiger partial charge in [-0.2, -0.15) is 0 Å². The molecule has 0 saturated carbocycles. The van der Waals surface area contributed by atoms with Crippen LogP contribution in [0.25, 0.3) is 11.6 Å². The van der Waals surface area contributed by atoms with Gasteiger partial charge in [-0.3, -0.25) is 23.9 Å². The fourth-order valence-corrected chi connectivity index (χ4v) is 3.29. The Kier molecular flexibility index (Phi) is 4.99. The van der Waals surface area contributed by atoms with Crippen LogP contribution in [0.15, 0.2) is 34.1 Å². The standard InChI is InChI=1S/C17H15N3O5S/c21-14(18-6-5-15(22)23)9-20-16(24)13(26-17(20)25)7-10-8-19-12-4-2-1-3-11(10)12/h1-4,7-8,24H,5-6,9H2,(H,18,21)(H,22,23)/b10-7+. The molecule has 0 atom stereocenters. The number of nitrogens with one attached hydrogen (secondary N) is 1. The number of aromatic nitrogens is 1. The summed E-state index contributed by atoms with van der Waals surface area (Å²) in [6, 6.07) is 7.49. The number of carbonyl (C=O) groups excluding carboxylic acids is 1. The fraction of sp³-hybridized carbons (Fsp3) is 0.176. The first kappa shape index (κ1) is 17.6. The second-order valence-electron chi connectivity index (χ2n) is 5.51. The summed E-state index contributed by atoms with van der Waals surface area (Å²) < 4.78 is 0.950. The number of aliphatic imine (C=N–C) groups is 1. The Hall–Kier alpha value is -3.20. The minimum absolute atomic E-state index is 0.0437. The lowest BCUT2D eigenvalue weighted by molar-refractivity contribution is -0.136. The van der Waals surface area contributed by atoms with Crippen LogP contribution in [-0.2, 0) is 16.1 Å². The minimum atomic E-state index is -1.03. The largest absolute Gasteiger partial charge is 0.493 e. The van der Waals surface area contributed by atoms with Gasteiger partial charge in [0.25, 0.3) is 0 Å². The number of rotatable bonds is 6. The molecule has 1 aromatic heterocycles. The van der Waals surface area contributed by atoms with Crippen molar-refractivity contribution in [3.05, 3.63) is 44.4 Å². The van der Waals surface area contributed by atoms with Gasteiger partial charge in [0.15, 0.2) is 0 Å². The van der Waals surface area contributed by atoms with Crippen molar-refractivity contribution < 1.29 is 19.8 Å². The molecule has 1 amide bonds. The van der Waals surface area contributed by atoms with Gasteiger partial charge in [-0.1, -0.05) is 29.5 Å². The molecule has 3 rings (SSSR count). The zero-order valence-corrected chi connectivity index (χ0v) is 14.3. The number of aliphatic carboxylic acids is 1. The molecule has 1 aromatic carbocycles. The molecule has 0 bridgehead atoms. The number of aromatic hydroxyl groups is 1. The molecule has 0 unspecified atom stereocenters. The van der Waals surface area contributed by atoms with E-state index >= 15 is 0 Å². The van der Waals surface area contributed by atoms with Crippen LogP contribution in [0.2, 0.25) is 0 Å². The van der Waals surface area contributed by atoms with Crippen molar-refractivity contribution in [1.82, 2.24) is 9.88 Å². The van der Waals surface area contributed by atoms with Crippen molar-refractivity contribution in [2.45, 2.75) is 13.0 Å². The lowest BCUT2D eigenvalue weighted by Gasteiger charge is -2.05. The quantitative estimate of drug-likeness (QED) is 0.708. The van der Waals surface area contributed by atoms with E-state index in [1.165, 1.54) is 0 Å². The predicted molar refractivity (Wildman–Crippen MR) is 98.0 cm³/mol. The Morgan fingerprint density at radius 2 is 2.08 bits per heavy atom. The smallest absolute Gasteiger partial charge is 0.311 e. The minimum Gasteiger partial charge on any atom is -0.493 e. The zero-order chi connectivity index (χ0) is 18.7. The van der Waals surface area contributed by atoms with E-state index in [1.54, 1.807) is 12.3 Å². The summed E-state index contributed by atoms with van der Waals surface area (Å²) in [5, 5.41) is 21.2. The summed E-state index contributed by atoms with van der Waals surface area (Å²) in [4.78, 5) is 38.4. The second kappa shape index (κ2) is 7.36. The van der Waals surface area contributed by atoms with Crippen molar-refractivity contribution in [3.63, 3.8) is 0 Å². The number of carbonyl (C=O) groups is 2. The van der Waals surface area contributed by atoms with Crippen LogP contribution in [-0.4, -0.2) is 39.4 Å². The van der Waals surface area contributed by atoms with Gasteiger partial charge in [-0.25, -0.2) is 0 Å². The number of fused-ring (bicyclic) bond motifs is 1. The first-order valence-corrected chi connectivity index (χ1v) is 8.53. The summed E-state index contributed by atoms with van der Waals surface area (Å²) in [5.74, 6) is -1.89. The molecule has 0 spiro atoms. The van der Waals surface area contributed by atoms with Gasteiger partial charge in [0.05, 0.1) is 17.0 Å². The van der Waals surface area contributed by atoms with Crippen molar-refractivity contribution in [2.75, 3.05) is 6.54 Å². The van der Waals surface area contributed by atoms with Crippen LogP contribution < -0.4 is 10.2 Å². The van der Waals surface area contributed by atoms with E-state index in [-0.39, 0.29) is 25.4 Å². The van der Waals surface area contributed by atoms with Gasteiger partial charge >= 0.3 is 10.8 Å². The van der Waals surface area contributed by atoms with E-state index in [4.69, 9.17) is 5.11 Å². The van der Waals surface area contributed by atoms with Crippen molar-refractivity contribution in [1.29, 1.82) is 0 Å². The van der Waals surface area contributed by atoms with Gasteiger partial charge in [-0.15, -0.1) is 0 Å². The highest BCUT2D eigenvalue weighted by atomic mass is 32.1. The third-order valence-corrected chi connectivity index (χ3v) is 4.62. The maximum Gasteiger partial charge on any atom is 0.311 e. The number of carboxylic acid groups (broad SMARTS) is 1. The highest BCUT2D eigenvalue weighted by Gasteiger charge is 2.18. The van der Waals surface area contributed by atoms with Crippen LogP contribution in [0.4, 0.5) is 5.69 Å². The van der Waals surface area contributed by atoms with Crippen LogP contribution >= 0.6 is 11.3 Å². The van der Waals surface area contributed by atoms with E-state index in [9.17, 15) is 19.5 Å². The molecule has 0 saturated heterocycles. The van der Waals surface area contributed by atoms with E-state index in [1.807, 2.05) is 24.3 Å². The van der Waals surface area contributed by atoms with Gasteiger partial charge < -0.3 is 15.5 Å². The summed E-state index contributed by atoms with van der Waals surface area (Å²) in [6.07, 6.45) is 3.08. The number of benzene rings is 1. The molecular weight excluding hydrogens is 358 g/mol. The highest BCUT2D eigenvalue weighted by Crippen LogP contribution is 2.34. The molecule has 0 fully saturated rings. The normalized spacial score (nSPS) is 13.8. The van der Waals surface area contributed by atoms with Gasteiger partial charge in [-0.05, 0) is 12.1 Å². The topological polar surface area (TPSA) is 121 Å². The lowest BCUT2D eigenvalue weighted by atomic mass is 10.1. The van der Waals surface area contributed by atoms with Crippen molar-refractivity contribution >= 4 is 46.8 Å². The lowest BCUT2D eigenvalue weighted by Crippen LogP contribution is -2.31. The summed E-state index contributed by atoms with van der Waals surface area (Å²) in [5.41, 5.74) is 2.46. The maximum atomic E-state index is 12.1. The number of allylic oxidation sites excluding steroid dienone is 1. The van der Waals surface area contributed by atoms with Crippen LogP contribution in [0.1, 0.15) is 16.9 Å². The predicted octanol–water partition coefficient (Wildman–Crippen LogP) is 1.46. The molecular formula is C17H15N3O5S. The molecule has 1 aliphatic heterocycles. The van der Waals surface area contributed by atoms with Crippen LogP contribution in [0.5, 0.6) is 5.88 Å². The van der Waals surface area contributed by atoms with Gasteiger partial charge in [0.2, 0.25) is 11.8 Å². The molecule has 2 aromatic rings. The molecule has 26 heavy (non-hydrogen) atoms. The number of hydrogen-bond donors (Lipinski definition) is 3. The number of amides is 1. The third-order valence-electron chi connectivity index (χ3n) is 3.70. The number of hydrogen-bond acceptors (Lipinski definition) is 6. The number of carboxylic acids is 1. The molecule has 2 heterocycles. The van der Waals surface area contributed by atoms with E-state index in [0.717, 1.165) is 32.7 Å². The number of nitrogens with zero attached hydrogens (tertiary/aromatic N) is 2. The Labute approximate surface area is 151 Å². The molecule has 0 radical (unpaired) electrons. The molecule has 9 heteroatoms. The molecule has 1 aliphatic rings. The summed E-state index contributed by atoms with van der Waals surface area (Å²) >= 11 is 0.818. The van der Waals surface area contributed by atoms with Gasteiger partial charge in [0, 0.05) is 23.9 Å². The Balaban J connectivity index is 1.78. The average Bonchev–Trinajstić information content (AvgIpc) is 3.11. The average molecular weight is 373 g/mol. The fourth-order valence-electron chi connectivity index (χ4n) is 2.45. The third kappa shape index (κ3) is 3.72. The molecule has 134 valence electrons. The summed E-state index contributed by atoms with van der Waals surface area (Å²) in [7, 11) is 0. The van der Waals surface area contributed by atoms with E-state index in [2.05, 4.69) is 10.3 Å². The first-order chi connectivity index (χ1) is 12.5. The first-order valence-electron chi connectivity index (χ1n) is 7.72. The Morgan fingerprint density at radius 3 is 2.85 bits per heavy atom. The Morgan fingerprint density at radius 1 is 1.31 bits per heavy atom. The zero-order valence-electron chi connectivity index (χ0n) is 13.5. The SMILES string of the molecule is O=C(O)CCNC(=O)Cn1c(O)c(/C=C2\C=Nc3ccccc32)sc1=O. The monoisotopic (exact) mass is 373 g/mol. The highest BCUT2D eigenvalue weighted by molar-refractivity contribution is 7.10. The maximum absolute atomic E-state index is 12.1. The number of para-hydroxylation sites is 1. The number of thiazole rings is 1. The Bertz CT molecular complexity index is 987. The second-order valence-corrected chi connectivity index (χ2v) is 6.50. The van der Waals surface area contributed by atoms with E-state index < -0.39 is 16.7 Å². The van der Waals surface area contributed by atoms with Crippen LogP contribution in [0.3, 0.4) is 0 Å². The van der Waals surface area contributed by atoms with Crippen molar-refractivity contribution in [3.8, 4) is 5.88 Å². The summed E-state index contributed by atoms with van der Waals surface area (Å²) in [6.45, 7) is -0.424. The van der Waals surface area contributed by atoms with Gasteiger partial charge in [0.1, 0.15) is 6.54 Å². The molecule has 0 aliphatic carbocycles. The molecule has 3 N–H and O–H groups in total. The van der Waals surface area contributed by atoms with Crippen LogP contribution in [0, 0.1) is 0 Å². The van der Waals surface area contributed by atoms with Crippen molar-refractivity contribution in [2.24, 2.45) is 4.99 Å². The molecule has 8 nitrogen and oxygen atoms in total. The van der Waals surface area contributed by atoms with E-state index in [0.29, 0.717) is 4.88 Å².